The highest BCUT2D eigenvalue weighted by molar-refractivity contribution is 7.99. The predicted molar refractivity (Wildman–Crippen MR) is 116 cm³/mol. The lowest BCUT2D eigenvalue weighted by molar-refractivity contribution is -0.113. The Kier molecular flexibility index (Phi) is 5.81. The number of aromatic nitrogens is 1. The van der Waals surface area contributed by atoms with Gasteiger partial charge in [-0.2, -0.15) is 0 Å². The zero-order valence-corrected chi connectivity index (χ0v) is 16.9. The minimum atomic E-state index is -0.307. The summed E-state index contributed by atoms with van der Waals surface area (Å²) in [4.78, 5) is 29.9. The van der Waals surface area contributed by atoms with Crippen LogP contribution in [0.15, 0.2) is 82.4 Å². The molecule has 4 rings (SSSR count). The number of thioether (sulfide) groups is 1. The zero-order valence-electron chi connectivity index (χ0n) is 16.1. The summed E-state index contributed by atoms with van der Waals surface area (Å²) in [6.45, 7) is 0. The van der Waals surface area contributed by atoms with Gasteiger partial charge >= 0.3 is 0 Å². The molecule has 0 aliphatic rings. The van der Waals surface area contributed by atoms with Crippen molar-refractivity contribution in [3.05, 3.63) is 84.3 Å². The lowest BCUT2D eigenvalue weighted by Crippen LogP contribution is -2.16. The fraction of sp³-hybridized carbons (Fsp3) is 0.0870. The number of hydrogen-bond donors (Lipinski definition) is 1. The molecule has 2 aromatic carbocycles. The molecule has 1 N–H and O–H groups in total. The van der Waals surface area contributed by atoms with Crippen LogP contribution in [0.25, 0.3) is 11.0 Å². The number of hydrogen-bond acceptors (Lipinski definition) is 6. The first-order valence-corrected chi connectivity index (χ1v) is 10.2. The Morgan fingerprint density at radius 3 is 2.60 bits per heavy atom. The van der Waals surface area contributed by atoms with E-state index in [2.05, 4.69) is 10.3 Å². The Morgan fingerprint density at radius 1 is 1.07 bits per heavy atom. The van der Waals surface area contributed by atoms with E-state index in [1.807, 2.05) is 24.3 Å². The van der Waals surface area contributed by atoms with Gasteiger partial charge in [-0.15, -0.1) is 0 Å². The highest BCUT2D eigenvalue weighted by Crippen LogP contribution is 2.35. The van der Waals surface area contributed by atoms with E-state index in [4.69, 9.17) is 9.15 Å². The first kappa shape index (κ1) is 19.7. The molecule has 0 aliphatic carbocycles. The van der Waals surface area contributed by atoms with Gasteiger partial charge in [0, 0.05) is 17.1 Å². The molecule has 2 heterocycles. The number of methoxy groups -OCH3 is 1. The summed E-state index contributed by atoms with van der Waals surface area (Å²) in [5, 5.41) is 4.19. The van der Waals surface area contributed by atoms with Crippen LogP contribution in [0.3, 0.4) is 0 Å². The van der Waals surface area contributed by atoms with Crippen molar-refractivity contribution in [1.82, 2.24) is 4.98 Å². The number of ether oxygens (including phenoxy) is 1. The number of amides is 1. The summed E-state index contributed by atoms with van der Waals surface area (Å²) in [7, 11) is 1.55. The van der Waals surface area contributed by atoms with Crippen molar-refractivity contribution in [1.29, 1.82) is 0 Å². The van der Waals surface area contributed by atoms with Crippen LogP contribution in [0.1, 0.15) is 16.1 Å². The van der Waals surface area contributed by atoms with Crippen molar-refractivity contribution in [3.8, 4) is 5.75 Å². The number of furan rings is 1. The van der Waals surface area contributed by atoms with Crippen LogP contribution >= 0.6 is 11.8 Å². The van der Waals surface area contributed by atoms with Gasteiger partial charge in [-0.25, -0.2) is 4.98 Å². The molecule has 150 valence electrons. The van der Waals surface area contributed by atoms with Crippen LogP contribution in [0.2, 0.25) is 0 Å². The molecule has 7 heteroatoms. The second kappa shape index (κ2) is 8.84. The second-order valence-electron chi connectivity index (χ2n) is 6.37. The summed E-state index contributed by atoms with van der Waals surface area (Å²) >= 11 is 1.31. The van der Waals surface area contributed by atoms with Gasteiger partial charge in [-0.3, -0.25) is 9.59 Å². The Labute approximate surface area is 177 Å². The van der Waals surface area contributed by atoms with Crippen LogP contribution in [-0.4, -0.2) is 29.5 Å². The number of anilines is 1. The molecule has 0 radical (unpaired) electrons. The number of nitrogens with one attached hydrogen (secondary N) is 1. The number of carbonyl (C=O) groups excluding carboxylic acids is 2. The van der Waals surface area contributed by atoms with Gasteiger partial charge in [0.25, 0.3) is 0 Å². The number of fused-ring (bicyclic) bond motifs is 1. The van der Waals surface area contributed by atoms with E-state index in [-0.39, 0.29) is 23.2 Å². The third-order valence-electron chi connectivity index (χ3n) is 4.39. The van der Waals surface area contributed by atoms with E-state index in [9.17, 15) is 9.59 Å². The third kappa shape index (κ3) is 4.21. The third-order valence-corrected chi connectivity index (χ3v) is 5.33. The van der Waals surface area contributed by atoms with Crippen LogP contribution in [-0.2, 0) is 4.79 Å². The normalized spacial score (nSPS) is 10.7. The molecule has 0 unspecified atom stereocenters. The summed E-state index contributed by atoms with van der Waals surface area (Å²) < 4.78 is 11.1. The molecule has 2 aromatic heterocycles. The Morgan fingerprint density at radius 2 is 1.87 bits per heavy atom. The lowest BCUT2D eigenvalue weighted by atomic mass is 10.1. The summed E-state index contributed by atoms with van der Waals surface area (Å²) in [5.74, 6) is 0.254. The molecule has 6 nitrogen and oxygen atoms in total. The molecule has 1 amide bonds. The van der Waals surface area contributed by atoms with Gasteiger partial charge in [-0.05, 0) is 30.3 Å². The van der Waals surface area contributed by atoms with Crippen LogP contribution in [0.4, 0.5) is 5.69 Å². The molecule has 0 saturated heterocycles. The Bertz CT molecular complexity index is 1190. The SMILES string of the molecule is COc1ccc2oc(C(=O)c3ccccc3)c(NC(=O)CSc3ccccn3)c2c1. The van der Waals surface area contributed by atoms with Gasteiger partial charge in [-0.1, -0.05) is 48.2 Å². The average molecular weight is 418 g/mol. The monoisotopic (exact) mass is 418 g/mol. The van der Waals surface area contributed by atoms with Crippen molar-refractivity contribution >= 4 is 40.1 Å². The van der Waals surface area contributed by atoms with Gasteiger partial charge in [0.1, 0.15) is 11.3 Å². The summed E-state index contributed by atoms with van der Waals surface area (Å²) in [5.41, 5.74) is 1.30. The zero-order chi connectivity index (χ0) is 20.9. The molecular weight excluding hydrogens is 400 g/mol. The maximum absolute atomic E-state index is 13.1. The molecule has 0 fully saturated rings. The minimum Gasteiger partial charge on any atom is -0.497 e. The Balaban J connectivity index is 1.67. The van der Waals surface area contributed by atoms with Crippen molar-refractivity contribution in [2.45, 2.75) is 5.03 Å². The van der Waals surface area contributed by atoms with Crippen LogP contribution < -0.4 is 10.1 Å². The molecule has 0 atom stereocenters. The van der Waals surface area contributed by atoms with Crippen molar-refractivity contribution in [2.75, 3.05) is 18.2 Å². The van der Waals surface area contributed by atoms with Gasteiger partial charge in [0.05, 0.1) is 23.6 Å². The average Bonchev–Trinajstić information content (AvgIpc) is 3.15. The lowest BCUT2D eigenvalue weighted by Gasteiger charge is -2.06. The molecule has 4 aromatic rings. The minimum absolute atomic E-state index is 0.0839. The van der Waals surface area contributed by atoms with Gasteiger partial charge in [0.2, 0.25) is 11.7 Å². The maximum Gasteiger partial charge on any atom is 0.234 e. The number of nitrogens with zero attached hydrogens (tertiary/aromatic N) is 1. The fourth-order valence-electron chi connectivity index (χ4n) is 2.96. The number of pyridine rings is 1. The largest absolute Gasteiger partial charge is 0.497 e. The van der Waals surface area contributed by atoms with E-state index in [0.29, 0.717) is 28.0 Å². The van der Waals surface area contributed by atoms with E-state index < -0.39 is 0 Å². The van der Waals surface area contributed by atoms with Crippen molar-refractivity contribution in [3.63, 3.8) is 0 Å². The molecular formula is C23H18N2O4S. The molecule has 0 aliphatic heterocycles. The first-order chi connectivity index (χ1) is 14.7. The summed E-state index contributed by atoms with van der Waals surface area (Å²) in [6, 6.07) is 19.5. The van der Waals surface area contributed by atoms with Crippen LogP contribution in [0, 0.1) is 0 Å². The molecule has 30 heavy (non-hydrogen) atoms. The topological polar surface area (TPSA) is 81.4 Å². The fourth-order valence-corrected chi connectivity index (χ4v) is 3.62. The highest BCUT2D eigenvalue weighted by atomic mass is 32.2. The number of rotatable bonds is 7. The van der Waals surface area contributed by atoms with E-state index in [0.717, 1.165) is 5.03 Å². The number of ketones is 1. The molecule has 0 saturated carbocycles. The molecule has 0 spiro atoms. The maximum atomic E-state index is 13.1. The van der Waals surface area contributed by atoms with Crippen molar-refractivity contribution < 1.29 is 18.7 Å². The Hall–Kier alpha value is -3.58. The standard InChI is InChI=1S/C23H18N2O4S/c1-28-16-10-11-18-17(13-16)21(23(29-18)22(27)15-7-3-2-4-8-15)25-19(26)14-30-20-9-5-6-12-24-20/h2-13H,14H2,1H3,(H,25,26). The van der Waals surface area contributed by atoms with Crippen LogP contribution in [0.5, 0.6) is 5.75 Å². The highest BCUT2D eigenvalue weighted by Gasteiger charge is 2.24. The number of benzene rings is 2. The van der Waals surface area contributed by atoms with Crippen molar-refractivity contribution in [2.24, 2.45) is 0 Å². The predicted octanol–water partition coefficient (Wildman–Crippen LogP) is 4.80. The van der Waals surface area contributed by atoms with Gasteiger partial charge < -0.3 is 14.5 Å². The quantitative estimate of drug-likeness (QED) is 0.343. The molecule has 0 bridgehead atoms. The number of carbonyl (C=O) groups is 2. The van der Waals surface area contributed by atoms with E-state index >= 15 is 0 Å². The van der Waals surface area contributed by atoms with Gasteiger partial charge in [0.15, 0.2) is 5.76 Å². The first-order valence-electron chi connectivity index (χ1n) is 9.19. The van der Waals surface area contributed by atoms with E-state index in [1.54, 1.807) is 55.8 Å². The second-order valence-corrected chi connectivity index (χ2v) is 7.36. The summed E-state index contributed by atoms with van der Waals surface area (Å²) in [6.07, 6.45) is 1.67. The smallest absolute Gasteiger partial charge is 0.234 e. The van der Waals surface area contributed by atoms with E-state index in [1.165, 1.54) is 11.8 Å².